The van der Waals surface area contributed by atoms with Crippen molar-refractivity contribution < 1.29 is 14.3 Å². The molecule has 0 aromatic heterocycles. The first-order valence-corrected chi connectivity index (χ1v) is 3.93. The molecule has 12 heavy (non-hydrogen) atoms. The second-order valence-electron chi connectivity index (χ2n) is 2.36. The summed E-state index contributed by atoms with van der Waals surface area (Å²) in [5.74, 6) is -0.244. The van der Waals surface area contributed by atoms with Gasteiger partial charge in [0.05, 0.1) is 6.61 Å². The lowest BCUT2D eigenvalue weighted by molar-refractivity contribution is -0.141. The summed E-state index contributed by atoms with van der Waals surface area (Å²) in [5.41, 5.74) is 0. The predicted molar refractivity (Wildman–Crippen MR) is 45.3 cm³/mol. The SMILES string of the molecule is CC(=O)OCCCCC=C[C]=O. The van der Waals surface area contributed by atoms with Gasteiger partial charge in [-0.05, 0) is 25.3 Å². The number of carbonyl (C=O) groups excluding carboxylic acids is 2. The van der Waals surface area contributed by atoms with Crippen LogP contribution < -0.4 is 0 Å². The first-order chi connectivity index (χ1) is 5.77. The zero-order valence-electron chi connectivity index (χ0n) is 7.21. The van der Waals surface area contributed by atoms with Crippen LogP contribution in [0.2, 0.25) is 0 Å². The van der Waals surface area contributed by atoms with E-state index in [-0.39, 0.29) is 5.97 Å². The third kappa shape index (κ3) is 8.88. The normalized spacial score (nSPS) is 10.1. The molecule has 3 heteroatoms. The molecule has 0 spiro atoms. The summed E-state index contributed by atoms with van der Waals surface area (Å²) in [6, 6.07) is 0. The number of esters is 1. The molecule has 0 saturated heterocycles. The van der Waals surface area contributed by atoms with E-state index in [1.54, 1.807) is 12.4 Å². The maximum Gasteiger partial charge on any atom is 0.302 e. The minimum absolute atomic E-state index is 0.244. The number of hydrogen-bond donors (Lipinski definition) is 0. The maximum atomic E-state index is 10.3. The van der Waals surface area contributed by atoms with Gasteiger partial charge in [-0.25, -0.2) is 0 Å². The molecule has 0 heterocycles. The highest BCUT2D eigenvalue weighted by Gasteiger charge is 1.90. The van der Waals surface area contributed by atoms with Gasteiger partial charge < -0.3 is 4.74 Å². The van der Waals surface area contributed by atoms with Crippen molar-refractivity contribution in [3.63, 3.8) is 0 Å². The predicted octanol–water partition coefficient (Wildman–Crippen LogP) is 1.39. The lowest BCUT2D eigenvalue weighted by Gasteiger charge is -1.98. The van der Waals surface area contributed by atoms with E-state index in [9.17, 15) is 9.59 Å². The van der Waals surface area contributed by atoms with Gasteiger partial charge in [-0.15, -0.1) is 0 Å². The number of ether oxygens (including phenoxy) is 1. The molecule has 3 nitrogen and oxygen atoms in total. The van der Waals surface area contributed by atoms with Gasteiger partial charge in [-0.1, -0.05) is 6.08 Å². The molecule has 0 fully saturated rings. The van der Waals surface area contributed by atoms with E-state index in [2.05, 4.69) is 0 Å². The Morgan fingerprint density at radius 1 is 1.50 bits per heavy atom. The molecule has 0 rings (SSSR count). The minimum atomic E-state index is -0.244. The van der Waals surface area contributed by atoms with Gasteiger partial charge >= 0.3 is 5.97 Å². The molecule has 0 N–H and O–H groups in total. The molecule has 0 atom stereocenters. The van der Waals surface area contributed by atoms with Crippen LogP contribution in [0.4, 0.5) is 0 Å². The Kier molecular flexibility index (Phi) is 7.24. The monoisotopic (exact) mass is 169 g/mol. The lowest BCUT2D eigenvalue weighted by atomic mass is 10.2. The third-order valence-electron chi connectivity index (χ3n) is 1.26. The molecule has 0 aromatic rings. The van der Waals surface area contributed by atoms with Gasteiger partial charge in [0.15, 0.2) is 0 Å². The van der Waals surface area contributed by atoms with Gasteiger partial charge in [0.2, 0.25) is 6.29 Å². The highest BCUT2D eigenvalue weighted by Crippen LogP contribution is 1.96. The highest BCUT2D eigenvalue weighted by atomic mass is 16.5. The van der Waals surface area contributed by atoms with Gasteiger partial charge in [-0.3, -0.25) is 9.59 Å². The van der Waals surface area contributed by atoms with E-state index in [1.165, 1.54) is 13.0 Å². The van der Waals surface area contributed by atoms with Crippen molar-refractivity contribution in [1.82, 2.24) is 0 Å². The van der Waals surface area contributed by atoms with E-state index in [1.807, 2.05) is 0 Å². The summed E-state index contributed by atoms with van der Waals surface area (Å²) in [7, 11) is 0. The van der Waals surface area contributed by atoms with E-state index in [4.69, 9.17) is 4.74 Å². The molecule has 67 valence electrons. The number of unbranched alkanes of at least 4 members (excludes halogenated alkanes) is 2. The Morgan fingerprint density at radius 2 is 2.25 bits per heavy atom. The number of rotatable bonds is 6. The first-order valence-electron chi connectivity index (χ1n) is 3.93. The zero-order valence-corrected chi connectivity index (χ0v) is 7.21. The molecule has 0 aromatic carbocycles. The molecule has 0 amide bonds. The van der Waals surface area contributed by atoms with Crippen molar-refractivity contribution >= 4 is 12.3 Å². The van der Waals surface area contributed by atoms with Crippen LogP contribution >= 0.6 is 0 Å². The lowest BCUT2D eigenvalue weighted by Crippen LogP contribution is -1.99. The Labute approximate surface area is 72.4 Å². The standard InChI is InChI=1S/C9H13O3/c1-9(11)12-8-6-4-2-3-5-7-10/h3,5H,2,4,6,8H2,1H3. The van der Waals surface area contributed by atoms with Crippen molar-refractivity contribution in [2.45, 2.75) is 26.2 Å². The minimum Gasteiger partial charge on any atom is -0.466 e. The molecule has 0 saturated carbocycles. The smallest absolute Gasteiger partial charge is 0.302 e. The van der Waals surface area contributed by atoms with E-state index < -0.39 is 0 Å². The molecule has 0 aliphatic carbocycles. The topological polar surface area (TPSA) is 43.4 Å². The van der Waals surface area contributed by atoms with Crippen molar-refractivity contribution in [1.29, 1.82) is 0 Å². The Morgan fingerprint density at radius 3 is 2.83 bits per heavy atom. The number of hydrogen-bond acceptors (Lipinski definition) is 3. The van der Waals surface area contributed by atoms with Crippen LogP contribution in [-0.4, -0.2) is 18.9 Å². The van der Waals surface area contributed by atoms with Crippen LogP contribution in [0.5, 0.6) is 0 Å². The fourth-order valence-electron chi connectivity index (χ4n) is 0.712. The first kappa shape index (κ1) is 10.9. The number of allylic oxidation sites excluding steroid dienone is 2. The van der Waals surface area contributed by atoms with Crippen LogP contribution in [-0.2, 0) is 14.3 Å². The summed E-state index contributed by atoms with van der Waals surface area (Å²) < 4.78 is 4.71. The van der Waals surface area contributed by atoms with Gasteiger partial charge in [0, 0.05) is 6.92 Å². The summed E-state index contributed by atoms with van der Waals surface area (Å²) in [6.07, 6.45) is 7.35. The maximum absolute atomic E-state index is 10.3. The average Bonchev–Trinajstić information content (AvgIpc) is 2.02. The number of carbonyl (C=O) groups is 1. The summed E-state index contributed by atoms with van der Waals surface area (Å²) >= 11 is 0. The van der Waals surface area contributed by atoms with Crippen molar-refractivity contribution in [2.24, 2.45) is 0 Å². The van der Waals surface area contributed by atoms with Crippen molar-refractivity contribution in [3.05, 3.63) is 12.2 Å². The van der Waals surface area contributed by atoms with Crippen molar-refractivity contribution in [2.75, 3.05) is 6.61 Å². The van der Waals surface area contributed by atoms with Crippen molar-refractivity contribution in [3.8, 4) is 0 Å². The van der Waals surface area contributed by atoms with E-state index in [0.29, 0.717) is 6.61 Å². The molecule has 0 aliphatic rings. The Bertz CT molecular complexity index is 161. The largest absolute Gasteiger partial charge is 0.466 e. The molecule has 0 unspecified atom stereocenters. The second kappa shape index (κ2) is 7.98. The fourth-order valence-corrected chi connectivity index (χ4v) is 0.712. The third-order valence-corrected chi connectivity index (χ3v) is 1.26. The second-order valence-corrected chi connectivity index (χ2v) is 2.36. The van der Waals surface area contributed by atoms with E-state index in [0.717, 1.165) is 19.3 Å². The fraction of sp³-hybridized carbons (Fsp3) is 0.556. The molecule has 0 aliphatic heterocycles. The van der Waals surface area contributed by atoms with Gasteiger partial charge in [-0.2, -0.15) is 0 Å². The molecular weight excluding hydrogens is 156 g/mol. The van der Waals surface area contributed by atoms with Crippen LogP contribution in [0.1, 0.15) is 26.2 Å². The molecular formula is C9H13O3. The quantitative estimate of drug-likeness (QED) is 0.343. The Balaban J connectivity index is 3.05. The van der Waals surface area contributed by atoms with Crippen LogP contribution in [0, 0.1) is 0 Å². The van der Waals surface area contributed by atoms with Crippen LogP contribution in [0.3, 0.4) is 0 Å². The summed E-state index contributed by atoms with van der Waals surface area (Å²) in [4.78, 5) is 20.0. The molecule has 0 bridgehead atoms. The summed E-state index contributed by atoms with van der Waals surface area (Å²) in [5, 5.41) is 0. The zero-order chi connectivity index (χ0) is 9.23. The van der Waals surface area contributed by atoms with Crippen LogP contribution in [0.15, 0.2) is 12.2 Å². The Hall–Kier alpha value is -1.12. The highest BCUT2D eigenvalue weighted by molar-refractivity contribution is 5.66. The van der Waals surface area contributed by atoms with Crippen LogP contribution in [0.25, 0.3) is 0 Å². The average molecular weight is 169 g/mol. The van der Waals surface area contributed by atoms with Gasteiger partial charge in [0.25, 0.3) is 0 Å². The van der Waals surface area contributed by atoms with Gasteiger partial charge in [0.1, 0.15) is 0 Å². The summed E-state index contributed by atoms with van der Waals surface area (Å²) in [6.45, 7) is 1.86. The van der Waals surface area contributed by atoms with E-state index >= 15 is 0 Å². The molecule has 1 radical (unpaired) electrons.